The van der Waals surface area contributed by atoms with Crippen molar-refractivity contribution in [2.45, 2.75) is 26.7 Å². The van der Waals surface area contributed by atoms with Gasteiger partial charge in [-0.25, -0.2) is 4.79 Å². The summed E-state index contributed by atoms with van der Waals surface area (Å²) in [6, 6.07) is 5.88. The minimum atomic E-state index is -0.949. The van der Waals surface area contributed by atoms with Gasteiger partial charge in [0.1, 0.15) is 5.75 Å². The highest BCUT2D eigenvalue weighted by molar-refractivity contribution is 5.92. The summed E-state index contributed by atoms with van der Waals surface area (Å²) in [5.41, 5.74) is -0.420. The lowest BCUT2D eigenvalue weighted by atomic mass is 9.82. The van der Waals surface area contributed by atoms with Crippen LogP contribution in [-0.2, 0) is 4.79 Å². The maximum atomic E-state index is 12.1. The van der Waals surface area contributed by atoms with Crippen molar-refractivity contribution in [3.63, 3.8) is 0 Å². The summed E-state index contributed by atoms with van der Waals surface area (Å²) in [6.45, 7) is 3.66. The number of carboxylic acid groups (broad SMARTS) is 1. The number of carbonyl (C=O) groups is 2. The summed E-state index contributed by atoms with van der Waals surface area (Å²) in [7, 11) is 1.56. The van der Waals surface area contributed by atoms with Gasteiger partial charge in [0.05, 0.1) is 5.41 Å². The van der Waals surface area contributed by atoms with E-state index in [2.05, 4.69) is 5.32 Å². The third-order valence-corrected chi connectivity index (χ3v) is 3.91. The number of amides is 2. The van der Waals surface area contributed by atoms with Crippen molar-refractivity contribution in [3.05, 3.63) is 24.3 Å². The van der Waals surface area contributed by atoms with Crippen LogP contribution in [0.1, 0.15) is 26.7 Å². The molecule has 0 heterocycles. The fourth-order valence-electron chi connectivity index (χ4n) is 2.06. The van der Waals surface area contributed by atoms with Gasteiger partial charge in [-0.1, -0.05) is 19.9 Å². The highest BCUT2D eigenvalue weighted by Gasteiger charge is 2.35. The van der Waals surface area contributed by atoms with E-state index in [1.54, 1.807) is 33.0 Å². The number of carboxylic acids is 1. The Morgan fingerprint density at radius 3 is 2.38 bits per heavy atom. The van der Waals surface area contributed by atoms with E-state index in [0.29, 0.717) is 18.5 Å². The Labute approximate surface area is 124 Å². The summed E-state index contributed by atoms with van der Waals surface area (Å²) in [5.74, 6) is -0.845. The first kappa shape index (κ1) is 16.8. The molecule has 21 heavy (non-hydrogen) atoms. The molecule has 1 rings (SSSR count). The van der Waals surface area contributed by atoms with Crippen LogP contribution in [-0.4, -0.2) is 35.8 Å². The number of urea groups is 1. The molecule has 0 spiro atoms. The average Bonchev–Trinajstić information content (AvgIpc) is 2.47. The molecule has 116 valence electrons. The highest BCUT2D eigenvalue weighted by atomic mass is 16.4. The smallest absolute Gasteiger partial charge is 0.321 e. The van der Waals surface area contributed by atoms with Crippen molar-refractivity contribution in [1.82, 2.24) is 5.32 Å². The molecule has 0 atom stereocenters. The summed E-state index contributed by atoms with van der Waals surface area (Å²) < 4.78 is 0. The normalized spacial score (nSPS) is 11.0. The third kappa shape index (κ3) is 3.87. The summed E-state index contributed by atoms with van der Waals surface area (Å²) >= 11 is 0. The van der Waals surface area contributed by atoms with Crippen LogP contribution in [0.3, 0.4) is 0 Å². The molecule has 1 aromatic carbocycles. The van der Waals surface area contributed by atoms with Gasteiger partial charge in [0.25, 0.3) is 0 Å². The van der Waals surface area contributed by atoms with Crippen LogP contribution in [0.5, 0.6) is 5.75 Å². The van der Waals surface area contributed by atoms with E-state index < -0.39 is 17.4 Å². The molecule has 6 heteroatoms. The fourth-order valence-corrected chi connectivity index (χ4v) is 2.06. The Balaban J connectivity index is 2.75. The predicted molar refractivity (Wildman–Crippen MR) is 80.6 cm³/mol. The van der Waals surface area contributed by atoms with E-state index in [9.17, 15) is 19.8 Å². The number of rotatable bonds is 6. The molecule has 0 radical (unpaired) electrons. The topological polar surface area (TPSA) is 89.9 Å². The number of carbonyl (C=O) groups excluding carboxylic acids is 1. The lowest BCUT2D eigenvalue weighted by molar-refractivity contribution is -0.149. The van der Waals surface area contributed by atoms with Gasteiger partial charge in [-0.15, -0.1) is 0 Å². The number of anilines is 1. The van der Waals surface area contributed by atoms with Crippen LogP contribution in [0.15, 0.2) is 24.3 Å². The molecule has 1 aromatic rings. The molecule has 6 nitrogen and oxygen atoms in total. The van der Waals surface area contributed by atoms with Crippen LogP contribution in [0.25, 0.3) is 0 Å². The average molecular weight is 294 g/mol. The van der Waals surface area contributed by atoms with Gasteiger partial charge < -0.3 is 15.5 Å². The first-order valence-electron chi connectivity index (χ1n) is 6.90. The van der Waals surface area contributed by atoms with Crippen LogP contribution < -0.4 is 10.2 Å². The first-order valence-corrected chi connectivity index (χ1v) is 6.90. The number of benzene rings is 1. The Kier molecular flexibility index (Phi) is 5.58. The van der Waals surface area contributed by atoms with Crippen LogP contribution >= 0.6 is 0 Å². The zero-order valence-corrected chi connectivity index (χ0v) is 12.6. The molecule has 0 aliphatic carbocycles. The molecule has 0 saturated carbocycles. The molecule has 0 aliphatic rings. The lowest BCUT2D eigenvalue weighted by Crippen LogP contribution is -2.46. The van der Waals surface area contributed by atoms with Gasteiger partial charge in [0.15, 0.2) is 0 Å². The van der Waals surface area contributed by atoms with E-state index >= 15 is 0 Å². The van der Waals surface area contributed by atoms with Crippen LogP contribution in [0.2, 0.25) is 0 Å². The van der Waals surface area contributed by atoms with Gasteiger partial charge in [0.2, 0.25) is 0 Å². The summed E-state index contributed by atoms with van der Waals surface area (Å²) in [5, 5.41) is 21.4. The number of aromatic hydroxyl groups is 1. The van der Waals surface area contributed by atoms with E-state index in [-0.39, 0.29) is 12.3 Å². The number of phenolic OH excluding ortho intramolecular Hbond substituents is 1. The van der Waals surface area contributed by atoms with E-state index in [0.717, 1.165) is 0 Å². The molecule has 0 aromatic heterocycles. The van der Waals surface area contributed by atoms with Crippen molar-refractivity contribution in [2.24, 2.45) is 5.41 Å². The predicted octanol–water partition coefficient (Wildman–Crippen LogP) is 2.43. The maximum absolute atomic E-state index is 12.1. The molecule has 2 amide bonds. The third-order valence-electron chi connectivity index (χ3n) is 3.91. The molecule has 0 fully saturated rings. The molecular weight excluding hydrogens is 272 g/mol. The zero-order chi connectivity index (χ0) is 16.0. The van der Waals surface area contributed by atoms with Crippen molar-refractivity contribution in [3.8, 4) is 5.75 Å². The summed E-state index contributed by atoms with van der Waals surface area (Å²) in [6.07, 6.45) is 0.879. The Morgan fingerprint density at radius 1 is 1.29 bits per heavy atom. The monoisotopic (exact) mass is 294 g/mol. The zero-order valence-electron chi connectivity index (χ0n) is 12.6. The second-order valence-electron chi connectivity index (χ2n) is 5.03. The minimum absolute atomic E-state index is 0.0640. The van der Waals surface area contributed by atoms with E-state index in [4.69, 9.17) is 0 Å². The van der Waals surface area contributed by atoms with Crippen LogP contribution in [0, 0.1) is 5.41 Å². The Morgan fingerprint density at radius 2 is 1.90 bits per heavy atom. The molecule has 0 saturated heterocycles. The van der Waals surface area contributed by atoms with Gasteiger partial charge in [-0.05, 0) is 25.0 Å². The van der Waals surface area contributed by atoms with Gasteiger partial charge >= 0.3 is 12.0 Å². The number of hydrogen-bond acceptors (Lipinski definition) is 3. The molecular formula is C15H22N2O4. The lowest BCUT2D eigenvalue weighted by Gasteiger charge is -2.28. The van der Waals surface area contributed by atoms with E-state index in [1.165, 1.54) is 17.0 Å². The maximum Gasteiger partial charge on any atom is 0.321 e. The molecule has 0 bridgehead atoms. The summed E-state index contributed by atoms with van der Waals surface area (Å²) in [4.78, 5) is 24.8. The van der Waals surface area contributed by atoms with Gasteiger partial charge in [-0.2, -0.15) is 0 Å². The number of phenols is 1. The number of aliphatic carboxylic acids is 1. The highest BCUT2D eigenvalue weighted by Crippen LogP contribution is 2.26. The quantitative estimate of drug-likeness (QED) is 0.751. The van der Waals surface area contributed by atoms with E-state index in [1.807, 2.05) is 0 Å². The van der Waals surface area contributed by atoms with Crippen LogP contribution in [0.4, 0.5) is 10.5 Å². The largest absolute Gasteiger partial charge is 0.508 e. The number of nitrogens with zero attached hydrogens (tertiary/aromatic N) is 1. The second-order valence-corrected chi connectivity index (χ2v) is 5.03. The van der Waals surface area contributed by atoms with Crippen molar-refractivity contribution in [1.29, 1.82) is 0 Å². The molecule has 3 N–H and O–H groups in total. The minimum Gasteiger partial charge on any atom is -0.508 e. The van der Waals surface area contributed by atoms with Crippen molar-refractivity contribution in [2.75, 3.05) is 18.5 Å². The van der Waals surface area contributed by atoms with Gasteiger partial charge in [-0.3, -0.25) is 9.69 Å². The number of hydrogen-bond donors (Lipinski definition) is 3. The van der Waals surface area contributed by atoms with Crippen molar-refractivity contribution < 1.29 is 19.8 Å². The molecule has 0 aliphatic heterocycles. The number of nitrogens with one attached hydrogen (secondary N) is 1. The SMILES string of the molecule is CCC(CC)(CNC(=O)N(C)c1cccc(O)c1)C(=O)O. The molecule has 0 unspecified atom stereocenters. The van der Waals surface area contributed by atoms with Gasteiger partial charge in [0, 0.05) is 25.3 Å². The standard InChI is InChI=1S/C15H22N2O4/c1-4-15(5-2,13(19)20)10-16-14(21)17(3)11-7-6-8-12(18)9-11/h6-9,18H,4-5,10H2,1-3H3,(H,16,21)(H,19,20). The Hall–Kier alpha value is -2.24. The Bertz CT molecular complexity index is 512. The fraction of sp³-hybridized carbons (Fsp3) is 0.467. The van der Waals surface area contributed by atoms with Crippen molar-refractivity contribution >= 4 is 17.7 Å². The second kappa shape index (κ2) is 6.97. The first-order chi connectivity index (χ1) is 9.86.